The fourth-order valence-electron chi connectivity index (χ4n) is 3.73. The van der Waals surface area contributed by atoms with Crippen molar-refractivity contribution < 1.29 is 8.42 Å². The molecule has 2 heterocycles. The van der Waals surface area contributed by atoms with Crippen molar-refractivity contribution in [2.24, 2.45) is 0 Å². The zero-order valence-corrected chi connectivity index (χ0v) is 18.2. The number of anilines is 2. The predicted molar refractivity (Wildman–Crippen MR) is 120 cm³/mol. The summed E-state index contributed by atoms with van der Waals surface area (Å²) < 4.78 is 28.4. The Bertz CT molecular complexity index is 1140. The monoisotopic (exact) mass is 445 g/mol. The van der Waals surface area contributed by atoms with E-state index in [9.17, 15) is 8.42 Å². The molecule has 0 spiro atoms. The smallest absolute Gasteiger partial charge is 0.240 e. The van der Waals surface area contributed by atoms with Crippen LogP contribution < -0.4 is 10.0 Å². The summed E-state index contributed by atoms with van der Waals surface area (Å²) in [4.78, 5) is 2.52. The number of benzene rings is 2. The number of aromatic nitrogens is 2. The van der Waals surface area contributed by atoms with Crippen molar-refractivity contribution in [3.05, 3.63) is 53.7 Å². The number of nitrogens with zero attached hydrogens (tertiary/aromatic N) is 3. The number of halogens is 1. The number of nitrogens with one attached hydrogen (secondary N) is 2. The Labute approximate surface area is 181 Å². The topological polar surface area (TPSA) is 87.2 Å². The molecule has 158 valence electrons. The van der Waals surface area contributed by atoms with Crippen LogP contribution in [0.4, 0.5) is 11.4 Å². The van der Waals surface area contributed by atoms with Crippen LogP contribution in [-0.2, 0) is 10.0 Å². The van der Waals surface area contributed by atoms with E-state index < -0.39 is 10.0 Å². The number of rotatable bonds is 6. The molecule has 3 aromatic rings. The van der Waals surface area contributed by atoms with Crippen LogP contribution in [0, 0.1) is 0 Å². The molecule has 1 fully saturated rings. The highest BCUT2D eigenvalue weighted by atomic mass is 35.5. The SMILES string of the molecule is CCN1CCCC(NS(=O)(=O)c2ccc(Nc3cnnc4cc(Cl)ccc34)cc2)C1. The molecule has 1 saturated heterocycles. The summed E-state index contributed by atoms with van der Waals surface area (Å²) in [6, 6.07) is 12.1. The maximum absolute atomic E-state index is 12.8. The lowest BCUT2D eigenvalue weighted by Crippen LogP contribution is -2.47. The van der Waals surface area contributed by atoms with Crippen molar-refractivity contribution in [1.82, 2.24) is 19.8 Å². The summed E-state index contributed by atoms with van der Waals surface area (Å²) in [5.74, 6) is 0. The van der Waals surface area contributed by atoms with Gasteiger partial charge in [0.1, 0.15) is 0 Å². The zero-order chi connectivity index (χ0) is 21.1. The lowest BCUT2D eigenvalue weighted by molar-refractivity contribution is 0.211. The molecule has 7 nitrogen and oxygen atoms in total. The molecule has 1 aliphatic rings. The van der Waals surface area contributed by atoms with E-state index in [4.69, 9.17) is 11.6 Å². The highest BCUT2D eigenvalue weighted by molar-refractivity contribution is 7.89. The van der Waals surface area contributed by atoms with Crippen LogP contribution in [-0.4, -0.2) is 49.2 Å². The number of hydrogen-bond acceptors (Lipinski definition) is 6. The van der Waals surface area contributed by atoms with Crippen LogP contribution in [0.3, 0.4) is 0 Å². The van der Waals surface area contributed by atoms with Gasteiger partial charge in [-0.1, -0.05) is 18.5 Å². The van der Waals surface area contributed by atoms with Crippen LogP contribution in [0.1, 0.15) is 19.8 Å². The van der Waals surface area contributed by atoms with E-state index >= 15 is 0 Å². The van der Waals surface area contributed by atoms with Gasteiger partial charge in [0.05, 0.1) is 22.3 Å². The van der Waals surface area contributed by atoms with Crippen LogP contribution >= 0.6 is 11.6 Å². The normalized spacial score (nSPS) is 17.9. The van der Waals surface area contributed by atoms with Gasteiger partial charge in [-0.3, -0.25) is 0 Å². The molecule has 2 aromatic carbocycles. The summed E-state index contributed by atoms with van der Waals surface area (Å²) in [5, 5.41) is 12.8. The minimum Gasteiger partial charge on any atom is -0.354 e. The largest absolute Gasteiger partial charge is 0.354 e. The first-order chi connectivity index (χ1) is 14.4. The first-order valence-corrected chi connectivity index (χ1v) is 11.8. The quantitative estimate of drug-likeness (QED) is 0.600. The highest BCUT2D eigenvalue weighted by Crippen LogP contribution is 2.27. The summed E-state index contributed by atoms with van der Waals surface area (Å²) in [6.45, 7) is 4.81. The number of likely N-dealkylation sites (N-methyl/N-ethyl adjacent to an activating group) is 1. The average Bonchev–Trinajstić information content (AvgIpc) is 2.74. The Morgan fingerprint density at radius 1 is 1.20 bits per heavy atom. The molecule has 1 unspecified atom stereocenters. The van der Waals surface area contributed by atoms with Gasteiger partial charge in [-0.25, -0.2) is 13.1 Å². The Morgan fingerprint density at radius 2 is 2.00 bits per heavy atom. The molecule has 1 aromatic heterocycles. The van der Waals surface area contributed by atoms with Crippen molar-refractivity contribution in [3.63, 3.8) is 0 Å². The van der Waals surface area contributed by atoms with Crippen LogP contribution in [0.5, 0.6) is 0 Å². The fourth-order valence-corrected chi connectivity index (χ4v) is 5.16. The van der Waals surface area contributed by atoms with Gasteiger partial charge < -0.3 is 10.2 Å². The number of piperidine rings is 1. The molecule has 0 saturated carbocycles. The summed E-state index contributed by atoms with van der Waals surface area (Å²) >= 11 is 6.02. The number of hydrogen-bond donors (Lipinski definition) is 2. The number of sulfonamides is 1. The highest BCUT2D eigenvalue weighted by Gasteiger charge is 2.24. The molecule has 9 heteroatoms. The van der Waals surface area contributed by atoms with Crippen LogP contribution in [0.15, 0.2) is 53.6 Å². The molecule has 0 amide bonds. The molecular formula is C21H24ClN5O2S. The number of fused-ring (bicyclic) bond motifs is 1. The van der Waals surface area contributed by atoms with E-state index in [-0.39, 0.29) is 10.9 Å². The van der Waals surface area contributed by atoms with Gasteiger partial charge in [0.15, 0.2) is 0 Å². The van der Waals surface area contributed by atoms with Gasteiger partial charge in [-0.15, -0.1) is 0 Å². The van der Waals surface area contributed by atoms with E-state index in [1.54, 1.807) is 42.6 Å². The second-order valence-corrected chi connectivity index (χ2v) is 9.57. The molecule has 1 atom stereocenters. The number of likely N-dealkylation sites (tertiary alicyclic amines) is 1. The molecule has 2 N–H and O–H groups in total. The Hall–Kier alpha value is -2.26. The molecular weight excluding hydrogens is 422 g/mol. The minimum absolute atomic E-state index is 0.0532. The van der Waals surface area contributed by atoms with Gasteiger partial charge in [-0.05, 0) is 68.4 Å². The third kappa shape index (κ3) is 4.73. The van der Waals surface area contributed by atoms with Gasteiger partial charge in [0.2, 0.25) is 10.0 Å². The van der Waals surface area contributed by atoms with Crippen LogP contribution in [0.25, 0.3) is 10.9 Å². The molecule has 4 rings (SSSR count). The first kappa shape index (κ1) is 21.0. The van der Waals surface area contributed by atoms with Crippen molar-refractivity contribution >= 4 is 43.9 Å². The Kier molecular flexibility index (Phi) is 6.19. The van der Waals surface area contributed by atoms with Gasteiger partial charge in [0, 0.05) is 28.7 Å². The van der Waals surface area contributed by atoms with Crippen molar-refractivity contribution in [2.45, 2.75) is 30.7 Å². The van der Waals surface area contributed by atoms with Gasteiger partial charge in [-0.2, -0.15) is 10.2 Å². The molecule has 30 heavy (non-hydrogen) atoms. The maximum Gasteiger partial charge on any atom is 0.240 e. The van der Waals surface area contributed by atoms with E-state index in [0.29, 0.717) is 10.5 Å². The average molecular weight is 446 g/mol. The second-order valence-electron chi connectivity index (χ2n) is 7.42. The second kappa shape index (κ2) is 8.85. The predicted octanol–water partition coefficient (Wildman–Crippen LogP) is 3.79. The molecule has 0 radical (unpaired) electrons. The van der Waals surface area contributed by atoms with E-state index in [2.05, 4.69) is 32.1 Å². The van der Waals surface area contributed by atoms with Crippen LogP contribution in [0.2, 0.25) is 5.02 Å². The molecule has 0 bridgehead atoms. The lowest BCUT2D eigenvalue weighted by atomic mass is 10.1. The van der Waals surface area contributed by atoms with Crippen molar-refractivity contribution in [3.8, 4) is 0 Å². The van der Waals surface area contributed by atoms with E-state index in [1.165, 1.54) is 0 Å². The summed E-state index contributed by atoms with van der Waals surface area (Å²) in [6.07, 6.45) is 3.50. The lowest BCUT2D eigenvalue weighted by Gasteiger charge is -2.32. The fraction of sp³-hybridized carbons (Fsp3) is 0.333. The van der Waals surface area contributed by atoms with E-state index in [1.807, 2.05) is 6.07 Å². The summed E-state index contributed by atoms with van der Waals surface area (Å²) in [7, 11) is -3.56. The third-order valence-electron chi connectivity index (χ3n) is 5.32. The van der Waals surface area contributed by atoms with Gasteiger partial charge in [0.25, 0.3) is 0 Å². The van der Waals surface area contributed by atoms with Gasteiger partial charge >= 0.3 is 0 Å². The Morgan fingerprint density at radius 3 is 2.77 bits per heavy atom. The third-order valence-corrected chi connectivity index (χ3v) is 7.09. The Balaban J connectivity index is 1.49. The first-order valence-electron chi connectivity index (χ1n) is 9.97. The summed E-state index contributed by atoms with van der Waals surface area (Å²) in [5.41, 5.74) is 2.21. The minimum atomic E-state index is -3.56. The van der Waals surface area contributed by atoms with Crippen molar-refractivity contribution in [2.75, 3.05) is 25.0 Å². The standard InChI is InChI=1S/C21H24ClN5O2S/c1-2-27-11-3-4-17(14-27)26-30(28,29)18-8-6-16(7-9-18)24-21-13-23-25-20-12-15(22)5-10-19(20)21/h5-10,12-13,17,26H,2-4,11,14H2,1H3,(H,24,25). The molecule has 1 aliphatic heterocycles. The zero-order valence-electron chi connectivity index (χ0n) is 16.7. The van der Waals surface area contributed by atoms with E-state index in [0.717, 1.165) is 49.2 Å². The van der Waals surface area contributed by atoms with Crippen molar-refractivity contribution in [1.29, 1.82) is 0 Å². The maximum atomic E-state index is 12.8. The molecule has 0 aliphatic carbocycles.